The molecular weight excluding hydrogens is 306 g/mol. The number of carbonyl (C=O) groups is 1. The molecule has 0 amide bonds. The van der Waals surface area contributed by atoms with Crippen LogP contribution in [0.4, 0.5) is 0 Å². The number of rotatable bonds is 5. The van der Waals surface area contributed by atoms with Gasteiger partial charge in [0, 0.05) is 12.1 Å². The molecule has 5 heteroatoms. The fourth-order valence-corrected chi connectivity index (χ4v) is 3.69. The van der Waals surface area contributed by atoms with Crippen LogP contribution in [0.25, 0.3) is 0 Å². The number of carboxylic acids is 1. The molecule has 0 radical (unpaired) electrons. The number of benzene rings is 1. The molecule has 0 bridgehead atoms. The Morgan fingerprint density at radius 2 is 1.79 bits per heavy atom. The summed E-state index contributed by atoms with van der Waals surface area (Å²) in [5, 5.41) is 12.9. The van der Waals surface area contributed by atoms with Crippen molar-refractivity contribution in [1.29, 1.82) is 0 Å². The molecule has 24 heavy (non-hydrogen) atoms. The van der Waals surface area contributed by atoms with Gasteiger partial charge in [0.2, 0.25) is 0 Å². The zero-order valence-electron chi connectivity index (χ0n) is 14.5. The van der Waals surface area contributed by atoms with E-state index in [2.05, 4.69) is 31.3 Å². The van der Waals surface area contributed by atoms with Gasteiger partial charge in [-0.3, -0.25) is 4.79 Å². The smallest absolute Gasteiger partial charge is 0.306 e. The van der Waals surface area contributed by atoms with E-state index in [0.29, 0.717) is 25.2 Å². The third-order valence-corrected chi connectivity index (χ3v) is 5.08. The second kappa shape index (κ2) is 7.43. The molecule has 2 aliphatic rings. The van der Waals surface area contributed by atoms with Crippen LogP contribution in [0.3, 0.4) is 0 Å². The van der Waals surface area contributed by atoms with Gasteiger partial charge in [0.1, 0.15) is 13.2 Å². The van der Waals surface area contributed by atoms with Gasteiger partial charge in [-0.2, -0.15) is 0 Å². The molecule has 1 aromatic carbocycles. The first-order valence-electron chi connectivity index (χ1n) is 8.93. The highest BCUT2D eigenvalue weighted by molar-refractivity contribution is 5.70. The highest BCUT2D eigenvalue weighted by atomic mass is 16.6. The van der Waals surface area contributed by atoms with Crippen molar-refractivity contribution in [3.05, 3.63) is 23.8 Å². The molecule has 132 valence electrons. The Bertz CT molecular complexity index is 579. The topological polar surface area (TPSA) is 67.8 Å². The summed E-state index contributed by atoms with van der Waals surface area (Å²) in [4.78, 5) is 11.1. The van der Waals surface area contributed by atoms with E-state index >= 15 is 0 Å². The minimum absolute atomic E-state index is 0.171. The van der Waals surface area contributed by atoms with Crippen LogP contribution in [-0.4, -0.2) is 30.3 Å². The van der Waals surface area contributed by atoms with Crippen LogP contribution in [0.2, 0.25) is 0 Å². The first kappa shape index (κ1) is 17.1. The molecule has 5 nitrogen and oxygen atoms in total. The summed E-state index contributed by atoms with van der Waals surface area (Å²) in [6.07, 6.45) is 3.37. The van der Waals surface area contributed by atoms with E-state index in [1.54, 1.807) is 0 Å². The number of hydrogen-bond donors (Lipinski definition) is 2. The largest absolute Gasteiger partial charge is 0.486 e. The number of nitrogens with one attached hydrogen (secondary N) is 1. The molecular formula is C19H27NO4. The Kier molecular flexibility index (Phi) is 5.29. The molecule has 1 heterocycles. The first-order chi connectivity index (χ1) is 11.5. The second-order valence-corrected chi connectivity index (χ2v) is 7.18. The van der Waals surface area contributed by atoms with E-state index in [4.69, 9.17) is 14.6 Å². The average Bonchev–Trinajstić information content (AvgIpc) is 2.59. The number of ether oxygens (including phenoxy) is 2. The summed E-state index contributed by atoms with van der Waals surface area (Å²) in [6, 6.07) is 6.78. The highest BCUT2D eigenvalue weighted by Crippen LogP contribution is 2.35. The van der Waals surface area contributed by atoms with Crippen molar-refractivity contribution < 1.29 is 19.4 Å². The maximum absolute atomic E-state index is 11.1. The maximum Gasteiger partial charge on any atom is 0.306 e. The molecule has 1 fully saturated rings. The Labute approximate surface area is 143 Å². The molecule has 0 saturated heterocycles. The molecule has 2 N–H and O–H groups in total. The van der Waals surface area contributed by atoms with Crippen LogP contribution in [0.5, 0.6) is 11.5 Å². The average molecular weight is 333 g/mol. The summed E-state index contributed by atoms with van der Waals surface area (Å²) in [7, 11) is 0. The lowest BCUT2D eigenvalue weighted by Crippen LogP contribution is -2.39. The van der Waals surface area contributed by atoms with Crippen LogP contribution < -0.4 is 14.8 Å². The minimum Gasteiger partial charge on any atom is -0.486 e. The van der Waals surface area contributed by atoms with Crippen molar-refractivity contribution in [1.82, 2.24) is 5.32 Å². The van der Waals surface area contributed by atoms with Crippen LogP contribution in [0.15, 0.2) is 18.2 Å². The molecule has 3 rings (SSSR count). The molecule has 1 aliphatic carbocycles. The summed E-state index contributed by atoms with van der Waals surface area (Å²) in [5.74, 6) is 1.25. The lowest BCUT2D eigenvalue weighted by atomic mass is 9.84. The summed E-state index contributed by atoms with van der Waals surface area (Å²) >= 11 is 0. The van der Waals surface area contributed by atoms with Gasteiger partial charge < -0.3 is 19.9 Å². The molecule has 1 aromatic rings. The monoisotopic (exact) mass is 333 g/mol. The van der Waals surface area contributed by atoms with Crippen LogP contribution in [-0.2, 0) is 4.79 Å². The Balaban J connectivity index is 1.68. The summed E-state index contributed by atoms with van der Waals surface area (Å²) in [6.45, 7) is 5.61. The van der Waals surface area contributed by atoms with Crippen molar-refractivity contribution in [2.75, 3.05) is 13.2 Å². The Morgan fingerprint density at radius 3 is 2.42 bits per heavy atom. The first-order valence-corrected chi connectivity index (χ1v) is 8.93. The molecule has 1 aliphatic heterocycles. The van der Waals surface area contributed by atoms with Crippen molar-refractivity contribution in [3.63, 3.8) is 0 Å². The summed E-state index contributed by atoms with van der Waals surface area (Å²) in [5.41, 5.74) is 1.20. The van der Waals surface area contributed by atoms with Gasteiger partial charge in [0.05, 0.1) is 5.92 Å². The van der Waals surface area contributed by atoms with Gasteiger partial charge in [0.15, 0.2) is 11.5 Å². The highest BCUT2D eigenvalue weighted by Gasteiger charge is 2.28. The second-order valence-electron chi connectivity index (χ2n) is 7.18. The number of fused-ring (bicyclic) bond motifs is 1. The van der Waals surface area contributed by atoms with Gasteiger partial charge in [-0.25, -0.2) is 0 Å². The van der Waals surface area contributed by atoms with Crippen molar-refractivity contribution in [2.24, 2.45) is 11.8 Å². The van der Waals surface area contributed by atoms with Gasteiger partial charge in [-0.1, -0.05) is 19.9 Å². The standard InChI is InChI=1S/C19H27NO4/c1-12(2)18(20-15-6-3-13(4-7-15)19(21)22)14-5-8-16-17(11-14)24-10-9-23-16/h5,8,11-13,15,18,20H,3-4,6-7,9-10H2,1-2H3,(H,21,22). The van der Waals surface area contributed by atoms with Crippen molar-refractivity contribution in [3.8, 4) is 11.5 Å². The molecule has 1 atom stereocenters. The van der Waals surface area contributed by atoms with Crippen molar-refractivity contribution in [2.45, 2.75) is 51.6 Å². The van der Waals surface area contributed by atoms with E-state index in [-0.39, 0.29) is 12.0 Å². The number of carboxylic acid groups (broad SMARTS) is 1. The Hall–Kier alpha value is -1.75. The molecule has 1 unspecified atom stereocenters. The predicted molar refractivity (Wildman–Crippen MR) is 91.5 cm³/mol. The van der Waals surface area contributed by atoms with E-state index in [0.717, 1.165) is 37.2 Å². The third-order valence-electron chi connectivity index (χ3n) is 5.08. The maximum atomic E-state index is 11.1. The molecule has 0 aromatic heterocycles. The number of hydrogen-bond acceptors (Lipinski definition) is 4. The van der Waals surface area contributed by atoms with E-state index in [1.807, 2.05) is 6.07 Å². The van der Waals surface area contributed by atoms with Gasteiger partial charge in [-0.05, 0) is 49.3 Å². The molecule has 0 spiro atoms. The van der Waals surface area contributed by atoms with Crippen LogP contribution in [0.1, 0.15) is 51.1 Å². The van der Waals surface area contributed by atoms with E-state index < -0.39 is 5.97 Å². The van der Waals surface area contributed by atoms with Crippen LogP contribution in [0, 0.1) is 11.8 Å². The van der Waals surface area contributed by atoms with Gasteiger partial charge in [-0.15, -0.1) is 0 Å². The Morgan fingerprint density at radius 1 is 1.12 bits per heavy atom. The van der Waals surface area contributed by atoms with E-state index in [1.165, 1.54) is 5.56 Å². The summed E-state index contributed by atoms with van der Waals surface area (Å²) < 4.78 is 11.3. The normalized spacial score (nSPS) is 24.6. The molecule has 1 saturated carbocycles. The lowest BCUT2D eigenvalue weighted by Gasteiger charge is -2.33. The zero-order valence-corrected chi connectivity index (χ0v) is 14.5. The fourth-order valence-electron chi connectivity index (χ4n) is 3.69. The third kappa shape index (κ3) is 3.83. The SMILES string of the molecule is CC(C)C(NC1CCC(C(=O)O)CC1)c1ccc2c(c1)OCCO2. The minimum atomic E-state index is -0.652. The predicted octanol–water partition coefficient (Wildman–Crippen LogP) is 3.39. The van der Waals surface area contributed by atoms with Crippen molar-refractivity contribution >= 4 is 5.97 Å². The lowest BCUT2D eigenvalue weighted by molar-refractivity contribution is -0.142. The quantitative estimate of drug-likeness (QED) is 0.864. The van der Waals surface area contributed by atoms with Gasteiger partial charge in [0.25, 0.3) is 0 Å². The fraction of sp³-hybridized carbons (Fsp3) is 0.632. The van der Waals surface area contributed by atoms with Gasteiger partial charge >= 0.3 is 5.97 Å². The van der Waals surface area contributed by atoms with Crippen LogP contribution >= 0.6 is 0 Å². The zero-order chi connectivity index (χ0) is 17.1. The number of aliphatic carboxylic acids is 1. The van der Waals surface area contributed by atoms with E-state index in [9.17, 15) is 4.79 Å².